The second-order valence-electron chi connectivity index (χ2n) is 4.09. The van der Waals surface area contributed by atoms with E-state index >= 15 is 0 Å². The molecule has 0 atom stereocenters. The zero-order valence-corrected chi connectivity index (χ0v) is 13.2. The number of hydrogen-bond donors (Lipinski definition) is 1. The van der Waals surface area contributed by atoms with E-state index in [1.54, 1.807) is 7.11 Å². The Balaban J connectivity index is 2.28. The van der Waals surface area contributed by atoms with Crippen LogP contribution in [-0.4, -0.2) is 40.6 Å². The maximum absolute atomic E-state index is 5.73. The molecule has 4 nitrogen and oxygen atoms in total. The number of hydrogen-bond acceptors (Lipinski definition) is 4. The third-order valence-electron chi connectivity index (χ3n) is 2.51. The summed E-state index contributed by atoms with van der Waals surface area (Å²) in [5.74, 6) is 0.901. The summed E-state index contributed by atoms with van der Waals surface area (Å²) >= 11 is 3.46. The van der Waals surface area contributed by atoms with Crippen molar-refractivity contribution in [1.29, 1.82) is 0 Å². The Bertz CT molecular complexity index is 361. The smallest absolute Gasteiger partial charge is 0.123 e. The van der Waals surface area contributed by atoms with Gasteiger partial charge in [0.25, 0.3) is 0 Å². The molecule has 0 bridgehead atoms. The van der Waals surface area contributed by atoms with Crippen molar-refractivity contribution in [3.63, 3.8) is 0 Å². The van der Waals surface area contributed by atoms with Gasteiger partial charge in [0.1, 0.15) is 12.4 Å². The molecular formula is C14H22BrNO3. The van der Waals surface area contributed by atoms with Crippen LogP contribution in [0.2, 0.25) is 0 Å². The van der Waals surface area contributed by atoms with E-state index in [1.807, 2.05) is 19.2 Å². The van der Waals surface area contributed by atoms with Crippen LogP contribution in [-0.2, 0) is 16.0 Å². The van der Waals surface area contributed by atoms with Crippen molar-refractivity contribution in [3.8, 4) is 5.75 Å². The second kappa shape index (κ2) is 10.2. The van der Waals surface area contributed by atoms with E-state index in [0.29, 0.717) is 19.8 Å². The van der Waals surface area contributed by atoms with Crippen molar-refractivity contribution in [2.75, 3.05) is 40.6 Å². The largest absolute Gasteiger partial charge is 0.491 e. The minimum absolute atomic E-state index is 0.561. The molecule has 0 aliphatic heterocycles. The van der Waals surface area contributed by atoms with Crippen LogP contribution in [0.1, 0.15) is 12.0 Å². The fourth-order valence-electron chi connectivity index (χ4n) is 1.64. The van der Waals surface area contributed by atoms with E-state index < -0.39 is 0 Å². The first-order valence-corrected chi connectivity index (χ1v) is 7.19. The number of methoxy groups -OCH3 is 1. The molecule has 19 heavy (non-hydrogen) atoms. The molecule has 0 radical (unpaired) electrons. The van der Waals surface area contributed by atoms with Crippen LogP contribution >= 0.6 is 15.9 Å². The molecular weight excluding hydrogens is 310 g/mol. The van der Waals surface area contributed by atoms with E-state index in [0.717, 1.165) is 35.4 Å². The van der Waals surface area contributed by atoms with Gasteiger partial charge in [-0.2, -0.15) is 0 Å². The van der Waals surface area contributed by atoms with Crippen molar-refractivity contribution in [3.05, 3.63) is 28.2 Å². The van der Waals surface area contributed by atoms with Crippen LogP contribution in [0.4, 0.5) is 0 Å². The van der Waals surface area contributed by atoms with Crippen molar-refractivity contribution in [2.45, 2.75) is 13.0 Å². The summed E-state index contributed by atoms with van der Waals surface area (Å²) in [6, 6.07) is 6.01. The standard InChI is InChI=1S/C14H22BrNO3/c1-16-11-12-10-13(15)4-5-14(12)19-9-8-18-7-3-6-17-2/h4-5,10,16H,3,6-9,11H2,1-2H3. The lowest BCUT2D eigenvalue weighted by Gasteiger charge is -2.12. The first-order chi connectivity index (χ1) is 9.27. The van der Waals surface area contributed by atoms with Gasteiger partial charge in [0, 0.05) is 36.9 Å². The molecule has 1 aromatic carbocycles. The average molecular weight is 332 g/mol. The lowest BCUT2D eigenvalue weighted by atomic mass is 10.2. The molecule has 108 valence electrons. The summed E-state index contributed by atoms with van der Waals surface area (Å²) < 4.78 is 17.2. The highest BCUT2D eigenvalue weighted by molar-refractivity contribution is 9.10. The summed E-state index contributed by atoms with van der Waals surface area (Å²) in [4.78, 5) is 0. The van der Waals surface area contributed by atoms with Crippen LogP contribution in [0.25, 0.3) is 0 Å². The summed E-state index contributed by atoms with van der Waals surface area (Å²) in [5.41, 5.74) is 1.14. The Morgan fingerprint density at radius 3 is 2.74 bits per heavy atom. The zero-order chi connectivity index (χ0) is 13.9. The van der Waals surface area contributed by atoms with E-state index in [4.69, 9.17) is 14.2 Å². The molecule has 1 aromatic rings. The Morgan fingerprint density at radius 1 is 1.16 bits per heavy atom. The van der Waals surface area contributed by atoms with E-state index in [-0.39, 0.29) is 0 Å². The van der Waals surface area contributed by atoms with Crippen LogP contribution in [0.3, 0.4) is 0 Å². The molecule has 0 spiro atoms. The lowest BCUT2D eigenvalue weighted by molar-refractivity contribution is 0.0804. The molecule has 0 amide bonds. The molecule has 0 unspecified atom stereocenters. The van der Waals surface area contributed by atoms with Crippen molar-refractivity contribution in [1.82, 2.24) is 5.32 Å². The molecule has 0 saturated heterocycles. The maximum Gasteiger partial charge on any atom is 0.123 e. The van der Waals surface area contributed by atoms with Gasteiger partial charge in [0.05, 0.1) is 6.61 Å². The molecule has 0 aliphatic carbocycles. The first-order valence-electron chi connectivity index (χ1n) is 6.40. The van der Waals surface area contributed by atoms with Gasteiger partial charge in [-0.3, -0.25) is 0 Å². The first kappa shape index (κ1) is 16.4. The number of halogens is 1. The normalized spacial score (nSPS) is 10.7. The Hall–Kier alpha value is -0.620. The summed E-state index contributed by atoms with van der Waals surface area (Å²) in [5, 5.41) is 3.13. The number of nitrogens with one attached hydrogen (secondary N) is 1. The van der Waals surface area contributed by atoms with Gasteiger partial charge in [-0.05, 0) is 31.7 Å². The minimum Gasteiger partial charge on any atom is -0.491 e. The van der Waals surface area contributed by atoms with Gasteiger partial charge < -0.3 is 19.5 Å². The van der Waals surface area contributed by atoms with Crippen LogP contribution in [0.15, 0.2) is 22.7 Å². The topological polar surface area (TPSA) is 39.7 Å². The Morgan fingerprint density at radius 2 is 2.00 bits per heavy atom. The van der Waals surface area contributed by atoms with Crippen molar-refractivity contribution in [2.24, 2.45) is 0 Å². The molecule has 5 heteroatoms. The summed E-state index contributed by atoms with van der Waals surface area (Å²) in [7, 11) is 3.61. The van der Waals surface area contributed by atoms with Gasteiger partial charge in [-0.1, -0.05) is 15.9 Å². The van der Waals surface area contributed by atoms with Gasteiger partial charge in [0.15, 0.2) is 0 Å². The number of rotatable bonds is 10. The van der Waals surface area contributed by atoms with E-state index in [2.05, 4.69) is 27.3 Å². The van der Waals surface area contributed by atoms with E-state index in [1.165, 1.54) is 0 Å². The molecule has 0 saturated carbocycles. The number of ether oxygens (including phenoxy) is 3. The highest BCUT2D eigenvalue weighted by atomic mass is 79.9. The molecule has 1 N–H and O–H groups in total. The Labute approximate surface area is 123 Å². The monoisotopic (exact) mass is 331 g/mol. The molecule has 0 aromatic heterocycles. The third-order valence-corrected chi connectivity index (χ3v) is 3.01. The minimum atomic E-state index is 0.561. The summed E-state index contributed by atoms with van der Waals surface area (Å²) in [6.07, 6.45) is 0.916. The van der Waals surface area contributed by atoms with Crippen molar-refractivity contribution >= 4 is 15.9 Å². The average Bonchev–Trinajstić information content (AvgIpc) is 2.40. The maximum atomic E-state index is 5.73. The van der Waals surface area contributed by atoms with E-state index in [9.17, 15) is 0 Å². The highest BCUT2D eigenvalue weighted by Gasteiger charge is 2.03. The predicted molar refractivity (Wildman–Crippen MR) is 79.7 cm³/mol. The van der Waals surface area contributed by atoms with Gasteiger partial charge in [-0.15, -0.1) is 0 Å². The fourth-order valence-corrected chi connectivity index (χ4v) is 2.04. The molecule has 0 heterocycles. The highest BCUT2D eigenvalue weighted by Crippen LogP contribution is 2.23. The van der Waals surface area contributed by atoms with Crippen LogP contribution in [0.5, 0.6) is 5.75 Å². The molecule has 0 aliphatic rings. The molecule has 1 rings (SSSR count). The van der Waals surface area contributed by atoms with Gasteiger partial charge in [0.2, 0.25) is 0 Å². The Kier molecular flexibility index (Phi) is 8.82. The van der Waals surface area contributed by atoms with Crippen LogP contribution < -0.4 is 10.1 Å². The SMILES string of the molecule is CNCc1cc(Br)ccc1OCCOCCCOC. The van der Waals surface area contributed by atoms with Gasteiger partial charge in [-0.25, -0.2) is 0 Å². The molecule has 0 fully saturated rings. The fraction of sp³-hybridized carbons (Fsp3) is 0.571. The number of benzene rings is 1. The van der Waals surface area contributed by atoms with Crippen LogP contribution in [0, 0.1) is 0 Å². The van der Waals surface area contributed by atoms with Crippen molar-refractivity contribution < 1.29 is 14.2 Å². The summed E-state index contributed by atoms with van der Waals surface area (Å²) in [6.45, 7) is 3.38. The predicted octanol–water partition coefficient (Wildman–Crippen LogP) is 2.60. The quantitative estimate of drug-likeness (QED) is 0.669. The zero-order valence-electron chi connectivity index (χ0n) is 11.6. The lowest BCUT2D eigenvalue weighted by Crippen LogP contribution is -2.11. The third kappa shape index (κ3) is 6.92. The second-order valence-corrected chi connectivity index (χ2v) is 5.01. The van der Waals surface area contributed by atoms with Gasteiger partial charge >= 0.3 is 0 Å².